The van der Waals surface area contributed by atoms with Crippen LogP contribution in [0.25, 0.3) is 16.9 Å². The van der Waals surface area contributed by atoms with Crippen LogP contribution in [-0.2, 0) is 0 Å². The van der Waals surface area contributed by atoms with Crippen LogP contribution in [0.1, 0.15) is 28.9 Å². The summed E-state index contributed by atoms with van der Waals surface area (Å²) in [7, 11) is 0. The van der Waals surface area contributed by atoms with E-state index in [0.29, 0.717) is 0 Å². The number of rotatable bonds is 5. The quantitative estimate of drug-likeness (QED) is 0.400. The van der Waals surface area contributed by atoms with Gasteiger partial charge in [-0.2, -0.15) is 10.2 Å². The molecule has 1 unspecified atom stereocenters. The Hall–Kier alpha value is -3.40. The van der Waals surface area contributed by atoms with E-state index in [1.165, 1.54) is 48.5 Å². The minimum absolute atomic E-state index is 0.0215. The molecule has 0 fully saturated rings. The highest BCUT2D eigenvalue weighted by atomic mass is 35.5. The zero-order valence-corrected chi connectivity index (χ0v) is 18.4. The minimum atomic E-state index is -1.05. The van der Waals surface area contributed by atoms with Crippen molar-refractivity contribution in [1.29, 1.82) is 0 Å². The summed E-state index contributed by atoms with van der Waals surface area (Å²) in [5.41, 5.74) is 0.586. The Morgan fingerprint density at radius 3 is 2.45 bits per heavy atom. The molecular formula is C22H15Cl2F2N5O2. The maximum Gasteiger partial charge on any atom is 0.257 e. The van der Waals surface area contributed by atoms with Crippen LogP contribution >= 0.6 is 23.2 Å². The van der Waals surface area contributed by atoms with E-state index in [2.05, 4.69) is 20.5 Å². The van der Waals surface area contributed by atoms with Crippen molar-refractivity contribution >= 4 is 34.8 Å². The van der Waals surface area contributed by atoms with Crippen molar-refractivity contribution in [3.63, 3.8) is 0 Å². The van der Waals surface area contributed by atoms with E-state index >= 15 is 0 Å². The van der Waals surface area contributed by atoms with Gasteiger partial charge in [-0.1, -0.05) is 29.3 Å². The van der Waals surface area contributed by atoms with Gasteiger partial charge in [0, 0.05) is 5.56 Å². The fraction of sp³-hybridized carbons (Fsp3) is 0.0909. The van der Waals surface area contributed by atoms with E-state index in [1.807, 2.05) is 0 Å². The van der Waals surface area contributed by atoms with Crippen LogP contribution in [0.3, 0.4) is 0 Å². The average molecular weight is 490 g/mol. The van der Waals surface area contributed by atoms with Crippen molar-refractivity contribution < 1.29 is 18.7 Å². The maximum atomic E-state index is 15.0. The van der Waals surface area contributed by atoms with Crippen molar-refractivity contribution in [1.82, 2.24) is 20.0 Å². The Morgan fingerprint density at radius 1 is 1.06 bits per heavy atom. The number of nitrogens with one attached hydrogen (secondary N) is 1. The number of halogens is 4. The van der Waals surface area contributed by atoms with E-state index in [4.69, 9.17) is 23.2 Å². The van der Waals surface area contributed by atoms with Gasteiger partial charge in [-0.05, 0) is 48.4 Å². The second kappa shape index (κ2) is 9.22. The van der Waals surface area contributed by atoms with Gasteiger partial charge in [-0.15, -0.1) is 4.80 Å². The third-order valence-corrected chi connectivity index (χ3v) is 5.33. The molecule has 2 aromatic carbocycles. The largest absolute Gasteiger partial charge is 0.389 e. The van der Waals surface area contributed by atoms with Gasteiger partial charge in [0.2, 0.25) is 0 Å². The molecule has 0 saturated carbocycles. The Balaban J connectivity index is 1.63. The summed E-state index contributed by atoms with van der Waals surface area (Å²) in [6.07, 6.45) is 3.22. The van der Waals surface area contributed by atoms with Gasteiger partial charge >= 0.3 is 0 Å². The molecule has 0 spiro atoms. The molecule has 0 saturated heterocycles. The van der Waals surface area contributed by atoms with Crippen molar-refractivity contribution in [3.8, 4) is 16.9 Å². The minimum Gasteiger partial charge on any atom is -0.389 e. The number of aliphatic hydroxyl groups is 1. The predicted molar refractivity (Wildman–Crippen MR) is 120 cm³/mol. The molecule has 33 heavy (non-hydrogen) atoms. The van der Waals surface area contributed by atoms with Gasteiger partial charge in [-0.25, -0.2) is 13.8 Å². The highest BCUT2D eigenvalue weighted by molar-refractivity contribution is 6.35. The Bertz CT molecular complexity index is 1350. The first kappa shape index (κ1) is 22.8. The number of hydrogen-bond acceptors (Lipinski definition) is 5. The standard InChI is InChI=1S/C22H15Cl2F2N5O2/c1-11(32)15-6-12(25)2-3-14(15)16-8-18(23)17(9-20(16)26)22(33)30-13-7-19(24)21(27-10-13)31-28-4-5-29-31/h2-11,32H,1H3,(H,30,33). The van der Waals surface area contributed by atoms with Crippen LogP contribution in [0, 0.1) is 11.6 Å². The van der Waals surface area contributed by atoms with Crippen LogP contribution in [0.4, 0.5) is 14.5 Å². The van der Waals surface area contributed by atoms with Crippen LogP contribution in [-0.4, -0.2) is 31.0 Å². The smallest absolute Gasteiger partial charge is 0.257 e. The zero-order chi connectivity index (χ0) is 23.7. The normalized spacial score (nSPS) is 11.9. The highest BCUT2D eigenvalue weighted by Crippen LogP contribution is 2.34. The summed E-state index contributed by atoms with van der Waals surface area (Å²) in [4.78, 5) is 18.1. The molecule has 7 nitrogen and oxygen atoms in total. The number of carbonyl (C=O) groups excluding carboxylic acids is 1. The molecule has 1 atom stereocenters. The molecule has 1 amide bonds. The Morgan fingerprint density at radius 2 is 1.79 bits per heavy atom. The van der Waals surface area contributed by atoms with Gasteiger partial charge in [0.25, 0.3) is 5.91 Å². The van der Waals surface area contributed by atoms with Crippen molar-refractivity contribution in [2.24, 2.45) is 0 Å². The van der Waals surface area contributed by atoms with E-state index < -0.39 is 23.6 Å². The number of amides is 1. The molecule has 0 aliphatic carbocycles. The number of pyridine rings is 1. The molecule has 2 heterocycles. The third-order valence-electron chi connectivity index (χ3n) is 4.74. The zero-order valence-electron chi connectivity index (χ0n) is 16.9. The lowest BCUT2D eigenvalue weighted by Crippen LogP contribution is -2.14. The summed E-state index contributed by atoms with van der Waals surface area (Å²) in [6.45, 7) is 1.44. The number of aromatic nitrogens is 4. The molecule has 0 radical (unpaired) electrons. The summed E-state index contributed by atoms with van der Waals surface area (Å²) < 4.78 is 28.6. The molecule has 0 bridgehead atoms. The predicted octanol–water partition coefficient (Wildman–Crippen LogP) is 5.22. The molecule has 168 valence electrons. The number of benzene rings is 2. The number of hydrogen-bond donors (Lipinski definition) is 2. The number of anilines is 1. The molecule has 2 N–H and O–H groups in total. The molecule has 4 aromatic rings. The second-order valence-corrected chi connectivity index (χ2v) is 7.84. The van der Waals surface area contributed by atoms with E-state index in [9.17, 15) is 18.7 Å². The fourth-order valence-corrected chi connectivity index (χ4v) is 3.71. The number of carbonyl (C=O) groups is 1. The highest BCUT2D eigenvalue weighted by Gasteiger charge is 2.20. The summed E-state index contributed by atoms with van der Waals surface area (Å²) in [6, 6.07) is 7.27. The Labute approximate surface area is 196 Å². The molecule has 11 heteroatoms. The first-order chi connectivity index (χ1) is 15.7. The molecular weight excluding hydrogens is 475 g/mol. The van der Waals surface area contributed by atoms with Crippen molar-refractivity contribution in [2.45, 2.75) is 13.0 Å². The van der Waals surface area contributed by atoms with Crippen LogP contribution in [0.2, 0.25) is 10.0 Å². The summed E-state index contributed by atoms with van der Waals surface area (Å²) in [5, 5.41) is 20.5. The van der Waals surface area contributed by atoms with Crippen molar-refractivity contribution in [2.75, 3.05) is 5.32 Å². The van der Waals surface area contributed by atoms with Crippen LogP contribution < -0.4 is 5.32 Å². The van der Waals surface area contributed by atoms with Crippen LogP contribution in [0.15, 0.2) is 55.0 Å². The number of aliphatic hydroxyl groups excluding tert-OH is 1. The Kier molecular flexibility index (Phi) is 6.37. The molecule has 4 rings (SSSR count). The topological polar surface area (TPSA) is 92.9 Å². The van der Waals surface area contributed by atoms with Gasteiger partial charge in [0.15, 0.2) is 5.82 Å². The summed E-state index contributed by atoms with van der Waals surface area (Å²) in [5.74, 6) is -1.77. The van der Waals surface area contributed by atoms with Gasteiger partial charge in [0.05, 0.1) is 46.0 Å². The first-order valence-electron chi connectivity index (χ1n) is 9.55. The molecule has 0 aliphatic heterocycles. The lowest BCUT2D eigenvalue weighted by Gasteiger charge is -2.15. The fourth-order valence-electron chi connectivity index (χ4n) is 3.22. The maximum absolute atomic E-state index is 15.0. The monoisotopic (exact) mass is 489 g/mol. The third kappa shape index (κ3) is 4.70. The van der Waals surface area contributed by atoms with Gasteiger partial charge in [0.1, 0.15) is 11.6 Å². The average Bonchev–Trinajstić information content (AvgIpc) is 3.29. The molecule has 2 aromatic heterocycles. The number of nitrogens with zero attached hydrogens (tertiary/aromatic N) is 4. The summed E-state index contributed by atoms with van der Waals surface area (Å²) >= 11 is 12.5. The van der Waals surface area contributed by atoms with E-state index in [1.54, 1.807) is 0 Å². The lowest BCUT2D eigenvalue weighted by molar-refractivity contribution is 0.102. The van der Waals surface area contributed by atoms with E-state index in [-0.39, 0.29) is 43.8 Å². The first-order valence-corrected chi connectivity index (χ1v) is 10.3. The SMILES string of the molecule is CC(O)c1cc(F)ccc1-c1cc(Cl)c(C(=O)Nc2cnc(-n3nccn3)c(Cl)c2)cc1F. The van der Waals surface area contributed by atoms with Crippen LogP contribution in [0.5, 0.6) is 0 Å². The van der Waals surface area contributed by atoms with Gasteiger partial charge in [-0.3, -0.25) is 4.79 Å². The van der Waals surface area contributed by atoms with Gasteiger partial charge < -0.3 is 10.4 Å². The van der Waals surface area contributed by atoms with Crippen molar-refractivity contribution in [3.05, 3.63) is 87.8 Å². The lowest BCUT2D eigenvalue weighted by atomic mass is 9.95. The second-order valence-electron chi connectivity index (χ2n) is 7.02. The molecule has 0 aliphatic rings. The van der Waals surface area contributed by atoms with E-state index in [0.717, 1.165) is 18.2 Å².